The maximum absolute atomic E-state index is 8.22. The predicted octanol–water partition coefficient (Wildman–Crippen LogP) is 7.55. The first-order valence-corrected chi connectivity index (χ1v) is 8.82. The van der Waals surface area contributed by atoms with Gasteiger partial charge in [-0.15, -0.1) is 0 Å². The molecular formula is C23H22Cl2. The highest BCUT2D eigenvalue weighted by atomic mass is 35.5. The summed E-state index contributed by atoms with van der Waals surface area (Å²) in [4.78, 5) is 0. The van der Waals surface area contributed by atoms with Crippen LogP contribution < -0.4 is 0 Å². The van der Waals surface area contributed by atoms with Gasteiger partial charge in [0.25, 0.3) is 0 Å². The SMILES string of the molecule is [2H]c1c([2H])c([2H])c(-c2cc(Cl)c(Cl)c(Cc3ccc(C(C)(C)C)cc3)c2)c([2H])c1[2H]. The van der Waals surface area contributed by atoms with Crippen molar-refractivity contribution in [3.05, 3.63) is 93.3 Å². The molecule has 0 amide bonds. The molecule has 2 heteroatoms. The molecule has 3 aromatic carbocycles. The van der Waals surface area contributed by atoms with Gasteiger partial charge < -0.3 is 0 Å². The summed E-state index contributed by atoms with van der Waals surface area (Å²) in [7, 11) is 0. The first-order chi connectivity index (χ1) is 13.9. The standard InChI is InChI=1S/C23H22Cl2/c1-23(2,3)20-11-9-16(10-12-20)13-19-14-18(15-21(24)22(19)25)17-7-5-4-6-8-17/h4-12,14-15H,13H2,1-3H3/i4D,5D,6D,7D,8D. The van der Waals surface area contributed by atoms with Gasteiger partial charge in [0, 0.05) is 0 Å². The summed E-state index contributed by atoms with van der Waals surface area (Å²) in [6, 6.07) is 9.85. The van der Waals surface area contributed by atoms with E-state index in [9.17, 15) is 0 Å². The van der Waals surface area contributed by atoms with Gasteiger partial charge in [0.15, 0.2) is 0 Å². The van der Waals surface area contributed by atoms with Crippen molar-refractivity contribution in [2.24, 2.45) is 0 Å². The first-order valence-electron chi connectivity index (χ1n) is 10.6. The fourth-order valence-electron chi connectivity index (χ4n) is 2.66. The zero-order chi connectivity index (χ0) is 22.4. The number of rotatable bonds is 3. The Morgan fingerprint density at radius 1 is 0.880 bits per heavy atom. The van der Waals surface area contributed by atoms with Gasteiger partial charge in [-0.2, -0.15) is 0 Å². The Balaban J connectivity index is 2.09. The summed E-state index contributed by atoms with van der Waals surface area (Å²) in [5.41, 5.74) is 3.61. The monoisotopic (exact) mass is 373 g/mol. The van der Waals surface area contributed by atoms with Crippen molar-refractivity contribution in [1.82, 2.24) is 0 Å². The molecule has 0 fully saturated rings. The molecule has 0 spiro atoms. The van der Waals surface area contributed by atoms with Crippen LogP contribution in [0, 0.1) is 0 Å². The summed E-state index contributed by atoms with van der Waals surface area (Å²) in [5, 5.41) is 0.676. The zero-order valence-electron chi connectivity index (χ0n) is 19.4. The fourth-order valence-corrected chi connectivity index (χ4v) is 3.07. The average Bonchev–Trinajstić information content (AvgIpc) is 2.68. The van der Waals surface area contributed by atoms with E-state index in [0.717, 1.165) is 11.1 Å². The molecule has 3 rings (SSSR count). The van der Waals surface area contributed by atoms with Gasteiger partial charge in [-0.25, -0.2) is 0 Å². The molecule has 25 heavy (non-hydrogen) atoms. The van der Waals surface area contributed by atoms with Gasteiger partial charge in [0.2, 0.25) is 0 Å². The van der Waals surface area contributed by atoms with Crippen LogP contribution in [0.25, 0.3) is 11.1 Å². The topological polar surface area (TPSA) is 0 Å². The molecule has 0 radical (unpaired) electrons. The van der Waals surface area contributed by atoms with Crippen LogP contribution >= 0.6 is 23.2 Å². The molecule has 0 saturated carbocycles. The fraction of sp³-hybridized carbons (Fsp3) is 0.217. The molecule has 0 unspecified atom stereocenters. The molecule has 0 atom stereocenters. The molecule has 0 aliphatic carbocycles. The second-order valence-electron chi connectivity index (χ2n) is 7.05. The van der Waals surface area contributed by atoms with E-state index in [1.165, 1.54) is 5.56 Å². The Hall–Kier alpha value is -1.76. The number of hydrogen-bond donors (Lipinski definition) is 0. The summed E-state index contributed by atoms with van der Waals surface area (Å²) in [6.07, 6.45) is 0.509. The third-order valence-electron chi connectivity index (χ3n) is 4.11. The molecule has 0 heterocycles. The second kappa shape index (κ2) is 7.23. The van der Waals surface area contributed by atoms with E-state index in [4.69, 9.17) is 30.1 Å². The van der Waals surface area contributed by atoms with Crippen LogP contribution in [0.4, 0.5) is 0 Å². The summed E-state index contributed by atoms with van der Waals surface area (Å²) in [5.74, 6) is 0. The predicted molar refractivity (Wildman–Crippen MR) is 110 cm³/mol. The van der Waals surface area contributed by atoms with Crippen LogP contribution in [0.15, 0.2) is 66.6 Å². The Morgan fingerprint density at radius 3 is 2.12 bits per heavy atom. The van der Waals surface area contributed by atoms with Crippen LogP contribution in [0.2, 0.25) is 10.0 Å². The Labute approximate surface area is 167 Å². The minimum absolute atomic E-state index is 0.0560. The van der Waals surface area contributed by atoms with Crippen LogP contribution in [-0.2, 0) is 11.8 Å². The molecule has 0 bridgehead atoms. The first kappa shape index (κ1) is 12.6. The van der Waals surface area contributed by atoms with E-state index in [1.54, 1.807) is 12.1 Å². The van der Waals surface area contributed by atoms with Crippen LogP contribution in [0.5, 0.6) is 0 Å². The molecule has 0 aliphatic rings. The highest BCUT2D eigenvalue weighted by Crippen LogP contribution is 2.33. The third kappa shape index (κ3) is 4.26. The number of halogens is 2. The summed E-state index contributed by atoms with van der Waals surface area (Å²) < 4.78 is 40.1. The smallest absolute Gasteiger partial charge is 0.0629 e. The molecule has 0 nitrogen and oxygen atoms in total. The van der Waals surface area contributed by atoms with Gasteiger partial charge in [-0.3, -0.25) is 0 Å². The van der Waals surface area contributed by atoms with E-state index in [0.29, 0.717) is 17.0 Å². The largest absolute Gasteiger partial charge is 0.0827 e. The van der Waals surface area contributed by atoms with Gasteiger partial charge in [0.05, 0.1) is 16.9 Å². The summed E-state index contributed by atoms with van der Waals surface area (Å²) >= 11 is 12.8. The van der Waals surface area contributed by atoms with Crippen LogP contribution in [0.3, 0.4) is 0 Å². The van der Waals surface area contributed by atoms with Gasteiger partial charge in [-0.05, 0) is 51.8 Å². The molecule has 3 aromatic rings. The Morgan fingerprint density at radius 2 is 1.52 bits per heavy atom. The van der Waals surface area contributed by atoms with Crippen molar-refractivity contribution >= 4 is 23.2 Å². The van der Waals surface area contributed by atoms with E-state index >= 15 is 0 Å². The third-order valence-corrected chi connectivity index (χ3v) is 4.95. The molecular weight excluding hydrogens is 347 g/mol. The van der Waals surface area contributed by atoms with Crippen molar-refractivity contribution in [3.8, 4) is 11.1 Å². The van der Waals surface area contributed by atoms with Crippen molar-refractivity contribution < 1.29 is 6.85 Å². The lowest BCUT2D eigenvalue weighted by molar-refractivity contribution is 0.590. The highest BCUT2D eigenvalue weighted by Gasteiger charge is 2.14. The molecule has 128 valence electrons. The number of hydrogen-bond acceptors (Lipinski definition) is 0. The minimum Gasteiger partial charge on any atom is -0.0827 e. The average molecular weight is 374 g/mol. The van der Waals surface area contributed by atoms with Crippen LogP contribution in [-0.4, -0.2) is 0 Å². The molecule has 0 aliphatic heterocycles. The van der Waals surface area contributed by atoms with Crippen LogP contribution in [0.1, 0.15) is 44.3 Å². The second-order valence-corrected chi connectivity index (χ2v) is 7.84. The normalized spacial score (nSPS) is 14.4. The summed E-state index contributed by atoms with van der Waals surface area (Å²) in [6.45, 7) is 6.47. The van der Waals surface area contributed by atoms with Gasteiger partial charge in [-0.1, -0.05) is 98.5 Å². The lowest BCUT2D eigenvalue weighted by Gasteiger charge is -2.19. The van der Waals surface area contributed by atoms with E-state index < -0.39 is 6.04 Å². The lowest BCUT2D eigenvalue weighted by Crippen LogP contribution is -2.10. The molecule has 0 saturated heterocycles. The lowest BCUT2D eigenvalue weighted by atomic mass is 9.86. The quantitative estimate of drug-likeness (QED) is 0.444. The van der Waals surface area contributed by atoms with E-state index in [1.807, 2.05) is 12.1 Å². The highest BCUT2D eigenvalue weighted by molar-refractivity contribution is 6.42. The Kier molecular flexibility index (Phi) is 3.64. The minimum atomic E-state index is -0.423. The Bertz CT molecular complexity index is 1090. The van der Waals surface area contributed by atoms with Gasteiger partial charge in [0.1, 0.15) is 0 Å². The van der Waals surface area contributed by atoms with Crippen molar-refractivity contribution in [1.29, 1.82) is 0 Å². The van der Waals surface area contributed by atoms with E-state index in [2.05, 4.69) is 32.9 Å². The maximum Gasteiger partial charge on any atom is 0.0629 e. The molecule has 0 aromatic heterocycles. The van der Waals surface area contributed by atoms with Gasteiger partial charge >= 0.3 is 0 Å². The van der Waals surface area contributed by atoms with Crippen molar-refractivity contribution in [3.63, 3.8) is 0 Å². The van der Waals surface area contributed by atoms with E-state index in [-0.39, 0.29) is 40.2 Å². The van der Waals surface area contributed by atoms with Crippen molar-refractivity contribution in [2.45, 2.75) is 32.6 Å². The number of benzene rings is 3. The zero-order valence-corrected chi connectivity index (χ0v) is 15.9. The van der Waals surface area contributed by atoms with Crippen molar-refractivity contribution in [2.75, 3.05) is 0 Å². The molecule has 0 N–H and O–H groups in total. The maximum atomic E-state index is 8.22.